The Balaban J connectivity index is 1.48. The van der Waals surface area contributed by atoms with Crippen LogP contribution >= 0.6 is 11.8 Å². The van der Waals surface area contributed by atoms with E-state index in [4.69, 9.17) is 4.98 Å². The lowest BCUT2D eigenvalue weighted by molar-refractivity contribution is -0.117. The van der Waals surface area contributed by atoms with Crippen molar-refractivity contribution in [2.45, 2.75) is 37.2 Å². The summed E-state index contributed by atoms with van der Waals surface area (Å²) in [5, 5.41) is 10.0. The average molecular weight is 468 g/mol. The Hall–Kier alpha value is -3.71. The van der Waals surface area contributed by atoms with Crippen molar-refractivity contribution in [1.29, 1.82) is 0 Å². The van der Waals surface area contributed by atoms with Gasteiger partial charge in [-0.2, -0.15) is 0 Å². The molecular formula is C27H25N5OS. The third-order valence-corrected chi connectivity index (χ3v) is 6.62. The lowest BCUT2D eigenvalue weighted by atomic mass is 10.2. The van der Waals surface area contributed by atoms with E-state index in [0.717, 1.165) is 46.4 Å². The zero-order chi connectivity index (χ0) is 23.5. The van der Waals surface area contributed by atoms with Crippen LogP contribution in [0.3, 0.4) is 0 Å². The highest BCUT2D eigenvalue weighted by Crippen LogP contribution is 2.31. The Morgan fingerprint density at radius 2 is 1.53 bits per heavy atom. The first-order chi connectivity index (χ1) is 16.7. The Kier molecular flexibility index (Phi) is 6.27. The van der Waals surface area contributed by atoms with Crippen molar-refractivity contribution in [3.63, 3.8) is 0 Å². The van der Waals surface area contributed by atoms with Crippen molar-refractivity contribution in [3.8, 4) is 0 Å². The van der Waals surface area contributed by atoms with Crippen LogP contribution in [-0.4, -0.2) is 30.9 Å². The smallest absolute Gasteiger partial charge is 0.244 e. The fraction of sp³-hybridized carbons (Fsp3) is 0.185. The molecule has 3 aromatic carbocycles. The second kappa shape index (κ2) is 9.65. The molecule has 0 aliphatic rings. The third kappa shape index (κ3) is 4.15. The van der Waals surface area contributed by atoms with Gasteiger partial charge in [0.05, 0.1) is 10.8 Å². The van der Waals surface area contributed by atoms with E-state index >= 15 is 0 Å². The van der Waals surface area contributed by atoms with Crippen LogP contribution in [0.1, 0.15) is 20.3 Å². The number of nitrogens with zero attached hydrogens (tertiary/aromatic N) is 5. The first kappa shape index (κ1) is 22.1. The van der Waals surface area contributed by atoms with Crippen LogP contribution in [0, 0.1) is 0 Å². The molecule has 2 heterocycles. The number of fused-ring (bicyclic) bond motifs is 3. The lowest BCUT2D eigenvalue weighted by Crippen LogP contribution is -2.32. The monoisotopic (exact) mass is 467 g/mol. The second-order valence-electron chi connectivity index (χ2n) is 8.04. The van der Waals surface area contributed by atoms with Crippen LogP contribution in [0.15, 0.2) is 90.1 Å². The predicted molar refractivity (Wildman–Crippen MR) is 138 cm³/mol. The summed E-state index contributed by atoms with van der Waals surface area (Å²) < 4.78 is 2.19. The van der Waals surface area contributed by atoms with Crippen LogP contribution in [0.5, 0.6) is 0 Å². The summed E-state index contributed by atoms with van der Waals surface area (Å²) in [5.41, 5.74) is 4.35. The molecule has 2 aromatic heterocycles. The predicted octanol–water partition coefficient (Wildman–Crippen LogP) is 6.24. The van der Waals surface area contributed by atoms with Crippen molar-refractivity contribution in [2.75, 3.05) is 4.90 Å². The SMILES string of the molecule is CCCn1c2ccccc2c2nnc(SC(C)C(=O)N(c3ccccc3)c3ccccc3)nc21. The normalized spacial score (nSPS) is 12.2. The number of amides is 1. The number of benzene rings is 3. The van der Waals surface area contributed by atoms with Crippen LogP contribution in [-0.2, 0) is 11.3 Å². The van der Waals surface area contributed by atoms with Gasteiger partial charge in [0, 0.05) is 23.3 Å². The number of rotatable bonds is 7. The van der Waals surface area contributed by atoms with E-state index in [1.807, 2.05) is 79.7 Å². The topological polar surface area (TPSA) is 63.9 Å². The Morgan fingerprint density at radius 3 is 2.18 bits per heavy atom. The summed E-state index contributed by atoms with van der Waals surface area (Å²) in [4.78, 5) is 20.2. The van der Waals surface area contributed by atoms with Crippen LogP contribution in [0.4, 0.5) is 11.4 Å². The van der Waals surface area contributed by atoms with Crippen LogP contribution < -0.4 is 4.90 Å². The molecule has 0 saturated heterocycles. The van der Waals surface area contributed by atoms with E-state index in [9.17, 15) is 4.79 Å². The van der Waals surface area contributed by atoms with Gasteiger partial charge in [0.1, 0.15) is 5.52 Å². The minimum absolute atomic E-state index is 0.0415. The van der Waals surface area contributed by atoms with Crippen molar-refractivity contribution in [3.05, 3.63) is 84.9 Å². The maximum atomic E-state index is 13.6. The van der Waals surface area contributed by atoms with E-state index in [2.05, 4.69) is 33.8 Å². The number of anilines is 2. The lowest BCUT2D eigenvalue weighted by Gasteiger charge is -2.25. The molecule has 5 aromatic rings. The van der Waals surface area contributed by atoms with Crippen molar-refractivity contribution < 1.29 is 4.79 Å². The van der Waals surface area contributed by atoms with Crippen molar-refractivity contribution in [1.82, 2.24) is 19.7 Å². The molecular weight excluding hydrogens is 442 g/mol. The number of hydrogen-bond donors (Lipinski definition) is 0. The van der Waals surface area contributed by atoms with Crippen molar-refractivity contribution >= 4 is 51.1 Å². The van der Waals surface area contributed by atoms with E-state index in [1.54, 1.807) is 4.90 Å². The van der Waals surface area contributed by atoms with Gasteiger partial charge in [-0.3, -0.25) is 9.69 Å². The largest absolute Gasteiger partial charge is 0.324 e. The number of para-hydroxylation sites is 3. The molecule has 1 atom stereocenters. The highest BCUT2D eigenvalue weighted by atomic mass is 32.2. The molecule has 0 fully saturated rings. The van der Waals surface area contributed by atoms with Crippen molar-refractivity contribution in [2.24, 2.45) is 0 Å². The molecule has 170 valence electrons. The minimum Gasteiger partial charge on any atom is -0.324 e. The molecule has 1 amide bonds. The van der Waals surface area contributed by atoms with Gasteiger partial charge in [-0.25, -0.2) is 4.98 Å². The zero-order valence-corrected chi connectivity index (χ0v) is 19.9. The standard InChI is InChI=1S/C27H25N5OS/c1-3-18-31-23-17-11-10-16-22(23)24-25(31)28-27(30-29-24)34-19(2)26(33)32(20-12-6-4-7-13-20)21-14-8-5-9-15-21/h4-17,19H,3,18H2,1-2H3. The summed E-state index contributed by atoms with van der Waals surface area (Å²) in [7, 11) is 0. The molecule has 5 rings (SSSR count). The van der Waals surface area contributed by atoms with Crippen LogP contribution in [0.25, 0.3) is 22.1 Å². The molecule has 0 aliphatic heterocycles. The van der Waals surface area contributed by atoms with Gasteiger partial charge in [0.15, 0.2) is 5.65 Å². The molecule has 0 saturated carbocycles. The molecule has 0 N–H and O–H groups in total. The van der Waals surface area contributed by atoms with Gasteiger partial charge in [-0.05, 0) is 43.7 Å². The molecule has 0 bridgehead atoms. The molecule has 6 nitrogen and oxygen atoms in total. The fourth-order valence-electron chi connectivity index (χ4n) is 4.14. The summed E-state index contributed by atoms with van der Waals surface area (Å²) in [6.07, 6.45) is 0.984. The molecule has 7 heteroatoms. The number of aryl methyl sites for hydroxylation is 1. The van der Waals surface area contributed by atoms with E-state index in [0.29, 0.717) is 5.16 Å². The molecule has 1 unspecified atom stereocenters. The van der Waals surface area contributed by atoms with Gasteiger partial charge in [-0.15, -0.1) is 10.2 Å². The molecule has 0 aliphatic carbocycles. The summed E-state index contributed by atoms with van der Waals surface area (Å²) in [6.45, 7) is 4.88. The fourth-order valence-corrected chi connectivity index (χ4v) is 4.89. The van der Waals surface area contributed by atoms with Gasteiger partial charge in [0.25, 0.3) is 0 Å². The molecule has 34 heavy (non-hydrogen) atoms. The maximum Gasteiger partial charge on any atom is 0.244 e. The first-order valence-electron chi connectivity index (χ1n) is 11.4. The number of hydrogen-bond acceptors (Lipinski definition) is 5. The molecule has 0 radical (unpaired) electrons. The first-order valence-corrected chi connectivity index (χ1v) is 12.3. The zero-order valence-electron chi connectivity index (χ0n) is 19.1. The third-order valence-electron chi connectivity index (χ3n) is 5.68. The van der Waals surface area contributed by atoms with E-state index < -0.39 is 5.25 Å². The van der Waals surface area contributed by atoms with E-state index in [1.165, 1.54) is 11.8 Å². The number of aromatic nitrogens is 4. The summed E-state index contributed by atoms with van der Waals surface area (Å²) in [5.74, 6) is -0.0415. The average Bonchev–Trinajstić information content (AvgIpc) is 3.19. The van der Waals surface area contributed by atoms with Crippen LogP contribution in [0.2, 0.25) is 0 Å². The number of carbonyl (C=O) groups excluding carboxylic acids is 1. The number of carbonyl (C=O) groups is 1. The van der Waals surface area contributed by atoms with Gasteiger partial charge in [0.2, 0.25) is 11.1 Å². The second-order valence-corrected chi connectivity index (χ2v) is 9.35. The van der Waals surface area contributed by atoms with Gasteiger partial charge in [-0.1, -0.05) is 73.3 Å². The number of thioether (sulfide) groups is 1. The quantitative estimate of drug-likeness (QED) is 0.265. The van der Waals surface area contributed by atoms with Gasteiger partial charge < -0.3 is 4.57 Å². The summed E-state index contributed by atoms with van der Waals surface area (Å²) >= 11 is 1.33. The molecule has 0 spiro atoms. The summed E-state index contributed by atoms with van der Waals surface area (Å²) in [6, 6.07) is 27.6. The van der Waals surface area contributed by atoms with Gasteiger partial charge >= 0.3 is 0 Å². The maximum absolute atomic E-state index is 13.6. The Bertz CT molecular complexity index is 1400. The minimum atomic E-state index is -0.413. The Morgan fingerprint density at radius 1 is 0.912 bits per heavy atom. The highest BCUT2D eigenvalue weighted by Gasteiger charge is 2.26. The van der Waals surface area contributed by atoms with E-state index in [-0.39, 0.29) is 5.91 Å². The highest BCUT2D eigenvalue weighted by molar-refractivity contribution is 8.00. The Labute approximate surface area is 202 Å².